The van der Waals surface area contributed by atoms with Gasteiger partial charge in [-0.25, -0.2) is 8.42 Å². The zero-order chi connectivity index (χ0) is 13.9. The van der Waals surface area contributed by atoms with Gasteiger partial charge in [-0.3, -0.25) is 9.52 Å². The second-order valence-electron chi connectivity index (χ2n) is 4.71. The molecule has 1 atom stereocenters. The van der Waals surface area contributed by atoms with Crippen LogP contribution in [0.2, 0.25) is 0 Å². The fourth-order valence-corrected chi connectivity index (χ4v) is 3.37. The Morgan fingerprint density at radius 2 is 2.16 bits per heavy atom. The fraction of sp³-hybridized carbons (Fsp3) is 0.462. The SMILES string of the molecule is CCCS(=O)(=O)NC(=O)CC1CNc2ccccc21. The molecule has 0 aliphatic carbocycles. The molecule has 1 aliphatic heterocycles. The van der Waals surface area contributed by atoms with E-state index in [9.17, 15) is 13.2 Å². The summed E-state index contributed by atoms with van der Waals surface area (Å²) < 4.78 is 25.1. The summed E-state index contributed by atoms with van der Waals surface area (Å²) in [4.78, 5) is 11.8. The summed E-state index contributed by atoms with van der Waals surface area (Å²) in [5.41, 5.74) is 2.10. The summed E-state index contributed by atoms with van der Waals surface area (Å²) in [6.45, 7) is 2.43. The van der Waals surface area contributed by atoms with Gasteiger partial charge in [-0.1, -0.05) is 25.1 Å². The van der Waals surface area contributed by atoms with E-state index in [-0.39, 0.29) is 18.1 Å². The van der Waals surface area contributed by atoms with Gasteiger partial charge in [-0.05, 0) is 18.1 Å². The fourth-order valence-electron chi connectivity index (χ4n) is 2.30. The van der Waals surface area contributed by atoms with Crippen molar-refractivity contribution in [2.75, 3.05) is 17.6 Å². The van der Waals surface area contributed by atoms with Crippen LogP contribution in [-0.2, 0) is 14.8 Å². The maximum absolute atomic E-state index is 11.8. The molecule has 2 N–H and O–H groups in total. The number of anilines is 1. The van der Waals surface area contributed by atoms with Gasteiger partial charge in [-0.15, -0.1) is 0 Å². The molecule has 104 valence electrons. The molecule has 1 unspecified atom stereocenters. The Labute approximate surface area is 113 Å². The summed E-state index contributed by atoms with van der Waals surface area (Å²) in [6.07, 6.45) is 0.684. The summed E-state index contributed by atoms with van der Waals surface area (Å²) in [6, 6.07) is 7.78. The van der Waals surface area contributed by atoms with Gasteiger partial charge in [0.15, 0.2) is 0 Å². The van der Waals surface area contributed by atoms with Gasteiger partial charge >= 0.3 is 0 Å². The third kappa shape index (κ3) is 3.47. The molecule has 0 radical (unpaired) electrons. The van der Waals surface area contributed by atoms with E-state index < -0.39 is 15.9 Å². The van der Waals surface area contributed by atoms with Crippen molar-refractivity contribution in [3.8, 4) is 0 Å². The van der Waals surface area contributed by atoms with Gasteiger partial charge in [0, 0.05) is 24.6 Å². The number of rotatable bonds is 5. The lowest BCUT2D eigenvalue weighted by Gasteiger charge is -2.10. The van der Waals surface area contributed by atoms with Crippen LogP contribution in [0.3, 0.4) is 0 Å². The first kappa shape index (κ1) is 13.9. The topological polar surface area (TPSA) is 75.3 Å². The highest BCUT2D eigenvalue weighted by Gasteiger charge is 2.25. The molecule has 0 saturated heterocycles. The number of carbonyl (C=O) groups excluding carboxylic acids is 1. The van der Waals surface area contributed by atoms with Crippen molar-refractivity contribution in [2.24, 2.45) is 0 Å². The number of fused-ring (bicyclic) bond motifs is 1. The monoisotopic (exact) mass is 282 g/mol. The van der Waals surface area contributed by atoms with Crippen molar-refractivity contribution in [3.63, 3.8) is 0 Å². The lowest BCUT2D eigenvalue weighted by Crippen LogP contribution is -2.33. The molecule has 0 bridgehead atoms. The van der Waals surface area contributed by atoms with E-state index in [1.54, 1.807) is 6.92 Å². The zero-order valence-electron chi connectivity index (χ0n) is 10.8. The first-order valence-corrected chi connectivity index (χ1v) is 8.03. The molecule has 1 heterocycles. The maximum Gasteiger partial charge on any atom is 0.234 e. The van der Waals surface area contributed by atoms with Crippen LogP contribution in [0.4, 0.5) is 5.69 Å². The quantitative estimate of drug-likeness (QED) is 0.857. The highest BCUT2D eigenvalue weighted by atomic mass is 32.2. The largest absolute Gasteiger partial charge is 0.384 e. The van der Waals surface area contributed by atoms with Crippen LogP contribution in [0, 0.1) is 0 Å². The molecule has 5 nitrogen and oxygen atoms in total. The predicted molar refractivity (Wildman–Crippen MR) is 74.5 cm³/mol. The summed E-state index contributed by atoms with van der Waals surface area (Å²) >= 11 is 0. The van der Waals surface area contributed by atoms with E-state index in [1.807, 2.05) is 24.3 Å². The Balaban J connectivity index is 1.98. The number of para-hydroxylation sites is 1. The number of amides is 1. The van der Waals surface area contributed by atoms with Gasteiger partial charge in [0.25, 0.3) is 0 Å². The van der Waals surface area contributed by atoms with Crippen molar-refractivity contribution in [1.29, 1.82) is 0 Å². The predicted octanol–water partition coefficient (Wildman–Crippen LogP) is 1.44. The molecule has 2 rings (SSSR count). The number of carbonyl (C=O) groups is 1. The van der Waals surface area contributed by atoms with Crippen molar-refractivity contribution >= 4 is 21.6 Å². The highest BCUT2D eigenvalue weighted by Crippen LogP contribution is 2.32. The van der Waals surface area contributed by atoms with Gasteiger partial charge < -0.3 is 5.32 Å². The Morgan fingerprint density at radius 1 is 1.42 bits per heavy atom. The van der Waals surface area contributed by atoms with E-state index >= 15 is 0 Å². The normalized spacial score (nSPS) is 17.6. The number of sulfonamides is 1. The molecule has 1 amide bonds. The lowest BCUT2D eigenvalue weighted by atomic mass is 9.98. The standard InChI is InChI=1S/C13H18N2O3S/c1-2-7-19(17,18)15-13(16)8-10-9-14-12-6-4-3-5-11(10)12/h3-6,10,14H,2,7-9H2,1H3,(H,15,16). The van der Waals surface area contributed by atoms with E-state index in [1.165, 1.54) is 0 Å². The molecular formula is C13H18N2O3S. The summed E-state index contributed by atoms with van der Waals surface area (Å²) in [5, 5.41) is 3.21. The first-order valence-electron chi connectivity index (χ1n) is 6.38. The molecular weight excluding hydrogens is 264 g/mol. The highest BCUT2D eigenvalue weighted by molar-refractivity contribution is 7.90. The van der Waals surface area contributed by atoms with Crippen LogP contribution in [0.15, 0.2) is 24.3 Å². The van der Waals surface area contributed by atoms with E-state index in [4.69, 9.17) is 0 Å². The average Bonchev–Trinajstić information content (AvgIpc) is 2.72. The van der Waals surface area contributed by atoms with Crippen LogP contribution < -0.4 is 10.0 Å². The third-order valence-electron chi connectivity index (χ3n) is 3.11. The smallest absolute Gasteiger partial charge is 0.234 e. The third-order valence-corrected chi connectivity index (χ3v) is 4.60. The molecule has 1 aromatic carbocycles. The number of nitrogens with one attached hydrogen (secondary N) is 2. The Kier molecular flexibility index (Phi) is 4.09. The lowest BCUT2D eigenvalue weighted by molar-refractivity contribution is -0.119. The van der Waals surface area contributed by atoms with Gasteiger partial charge in [0.2, 0.25) is 15.9 Å². The first-order chi connectivity index (χ1) is 9.02. The zero-order valence-corrected chi connectivity index (χ0v) is 11.7. The Hall–Kier alpha value is -1.56. The molecule has 0 spiro atoms. The van der Waals surface area contributed by atoms with E-state index in [0.717, 1.165) is 11.3 Å². The van der Waals surface area contributed by atoms with Crippen molar-refractivity contribution in [1.82, 2.24) is 4.72 Å². The second kappa shape index (κ2) is 5.61. The van der Waals surface area contributed by atoms with E-state index in [0.29, 0.717) is 13.0 Å². The molecule has 0 aromatic heterocycles. The summed E-state index contributed by atoms with van der Waals surface area (Å²) in [7, 11) is -3.47. The minimum absolute atomic E-state index is 0.0156. The minimum atomic E-state index is -3.47. The molecule has 19 heavy (non-hydrogen) atoms. The molecule has 1 aliphatic rings. The Morgan fingerprint density at radius 3 is 2.89 bits per heavy atom. The summed E-state index contributed by atoms with van der Waals surface area (Å²) in [5.74, 6) is -0.414. The van der Waals surface area contributed by atoms with Crippen LogP contribution in [0.25, 0.3) is 0 Å². The minimum Gasteiger partial charge on any atom is -0.384 e. The number of benzene rings is 1. The second-order valence-corrected chi connectivity index (χ2v) is 6.56. The van der Waals surface area contributed by atoms with Crippen LogP contribution in [0.5, 0.6) is 0 Å². The maximum atomic E-state index is 11.8. The van der Waals surface area contributed by atoms with Crippen molar-refractivity contribution in [2.45, 2.75) is 25.7 Å². The number of hydrogen-bond acceptors (Lipinski definition) is 4. The van der Waals surface area contributed by atoms with Crippen LogP contribution in [-0.4, -0.2) is 26.6 Å². The molecule has 0 saturated carbocycles. The van der Waals surface area contributed by atoms with Gasteiger partial charge in [0.05, 0.1) is 5.75 Å². The van der Waals surface area contributed by atoms with Crippen LogP contribution >= 0.6 is 0 Å². The average molecular weight is 282 g/mol. The Bertz CT molecular complexity index is 569. The molecule has 1 aromatic rings. The van der Waals surface area contributed by atoms with Crippen molar-refractivity contribution < 1.29 is 13.2 Å². The van der Waals surface area contributed by atoms with Gasteiger partial charge in [0.1, 0.15) is 0 Å². The number of hydrogen-bond donors (Lipinski definition) is 2. The van der Waals surface area contributed by atoms with E-state index in [2.05, 4.69) is 10.0 Å². The van der Waals surface area contributed by atoms with Crippen LogP contribution in [0.1, 0.15) is 31.2 Å². The molecule has 6 heteroatoms. The molecule has 0 fully saturated rings. The van der Waals surface area contributed by atoms with Gasteiger partial charge in [-0.2, -0.15) is 0 Å². The van der Waals surface area contributed by atoms with Crippen molar-refractivity contribution in [3.05, 3.63) is 29.8 Å².